The molecule has 1 rings (SSSR count). The third-order valence-corrected chi connectivity index (χ3v) is 0.975. The third kappa shape index (κ3) is 1.28. The number of nitrogens with zero attached hydrogens (tertiary/aromatic N) is 2. The predicted molar refractivity (Wildman–Crippen MR) is 32.7 cm³/mol. The van der Waals surface area contributed by atoms with E-state index in [2.05, 4.69) is 10.1 Å². The van der Waals surface area contributed by atoms with E-state index in [1.165, 1.54) is 0 Å². The van der Waals surface area contributed by atoms with Gasteiger partial charge in [0, 0.05) is 12.8 Å². The molecule has 49 valence electrons. The first-order valence-electron chi connectivity index (χ1n) is 2.81. The first kappa shape index (κ1) is 6.26. The number of hydrogen-bond acceptors (Lipinski definition) is 3. The maximum absolute atomic E-state index is 4.74. The molecule has 0 unspecified atom stereocenters. The minimum Gasteiger partial charge on any atom is -0.340 e. The van der Waals surface area contributed by atoms with Crippen molar-refractivity contribution in [2.45, 2.75) is 20.8 Å². The van der Waals surface area contributed by atoms with Gasteiger partial charge in [-0.2, -0.15) is 4.98 Å². The van der Waals surface area contributed by atoms with Crippen LogP contribution >= 0.6 is 0 Å². The Morgan fingerprint density at radius 1 is 1.44 bits per heavy atom. The molecular formula is C6H9N2O. The van der Waals surface area contributed by atoms with E-state index in [0.29, 0.717) is 11.7 Å². The predicted octanol–water partition coefficient (Wildman–Crippen LogP) is 1.34. The van der Waals surface area contributed by atoms with Crippen molar-refractivity contribution in [3.05, 3.63) is 17.6 Å². The highest BCUT2D eigenvalue weighted by atomic mass is 16.5. The van der Waals surface area contributed by atoms with Gasteiger partial charge in [-0.15, -0.1) is 0 Å². The summed E-state index contributed by atoms with van der Waals surface area (Å²) in [5.74, 6) is 2.39. The van der Waals surface area contributed by atoms with Crippen LogP contribution in [0, 0.1) is 12.8 Å². The fourth-order valence-electron chi connectivity index (χ4n) is 0.502. The van der Waals surface area contributed by atoms with Gasteiger partial charge in [-0.05, 0) is 0 Å². The maximum Gasteiger partial charge on any atom is 0.223 e. The van der Waals surface area contributed by atoms with Gasteiger partial charge in [-0.3, -0.25) is 0 Å². The Morgan fingerprint density at radius 2 is 2.11 bits per heavy atom. The average molecular weight is 125 g/mol. The van der Waals surface area contributed by atoms with Crippen LogP contribution in [-0.2, 0) is 0 Å². The molecule has 0 amide bonds. The molecule has 0 atom stereocenters. The van der Waals surface area contributed by atoms with E-state index in [1.54, 1.807) is 6.92 Å². The lowest BCUT2D eigenvalue weighted by Crippen LogP contribution is -1.89. The van der Waals surface area contributed by atoms with Crippen molar-refractivity contribution in [2.75, 3.05) is 0 Å². The van der Waals surface area contributed by atoms with E-state index in [0.717, 1.165) is 5.92 Å². The second-order valence-electron chi connectivity index (χ2n) is 2.14. The SMILES string of the molecule is C[C](C)c1noc(C)n1. The van der Waals surface area contributed by atoms with Crippen molar-refractivity contribution in [1.29, 1.82) is 0 Å². The van der Waals surface area contributed by atoms with Gasteiger partial charge in [0.05, 0.1) is 0 Å². The molecule has 3 heteroatoms. The summed E-state index contributed by atoms with van der Waals surface area (Å²) >= 11 is 0. The van der Waals surface area contributed by atoms with Crippen molar-refractivity contribution in [3.63, 3.8) is 0 Å². The van der Waals surface area contributed by atoms with Gasteiger partial charge < -0.3 is 4.52 Å². The molecule has 1 radical (unpaired) electrons. The first-order chi connectivity index (χ1) is 4.20. The lowest BCUT2D eigenvalue weighted by atomic mass is 10.2. The number of aromatic nitrogens is 2. The Balaban J connectivity index is 2.85. The fraction of sp³-hybridized carbons (Fsp3) is 0.500. The Morgan fingerprint density at radius 3 is 2.33 bits per heavy atom. The minimum atomic E-state index is 0.617. The molecule has 1 aromatic heterocycles. The van der Waals surface area contributed by atoms with Gasteiger partial charge in [0.15, 0.2) is 5.82 Å². The molecule has 0 bridgehead atoms. The highest BCUT2D eigenvalue weighted by Gasteiger charge is 2.05. The standard InChI is InChI=1S/C6H9N2O/c1-4(2)6-7-5(3)9-8-6/h1-3H3. The molecule has 0 aliphatic heterocycles. The molecule has 1 heterocycles. The summed E-state index contributed by atoms with van der Waals surface area (Å²) in [6.45, 7) is 5.67. The second-order valence-corrected chi connectivity index (χ2v) is 2.14. The third-order valence-electron chi connectivity index (χ3n) is 0.975. The number of hydrogen-bond donors (Lipinski definition) is 0. The van der Waals surface area contributed by atoms with Gasteiger partial charge in [-0.25, -0.2) is 0 Å². The number of aryl methyl sites for hydroxylation is 1. The Labute approximate surface area is 54.1 Å². The van der Waals surface area contributed by atoms with Crippen LogP contribution in [0.3, 0.4) is 0 Å². The van der Waals surface area contributed by atoms with E-state index >= 15 is 0 Å². The van der Waals surface area contributed by atoms with E-state index in [9.17, 15) is 0 Å². The zero-order valence-electron chi connectivity index (χ0n) is 5.80. The second kappa shape index (κ2) is 2.17. The maximum atomic E-state index is 4.74. The van der Waals surface area contributed by atoms with Crippen LogP contribution in [-0.4, -0.2) is 10.1 Å². The summed E-state index contributed by atoms with van der Waals surface area (Å²) in [5, 5.41) is 3.69. The topological polar surface area (TPSA) is 38.9 Å². The molecule has 0 saturated heterocycles. The van der Waals surface area contributed by atoms with Crippen molar-refractivity contribution in [1.82, 2.24) is 10.1 Å². The Hall–Kier alpha value is -0.860. The molecule has 0 spiro atoms. The van der Waals surface area contributed by atoms with E-state index in [1.807, 2.05) is 13.8 Å². The molecule has 3 nitrogen and oxygen atoms in total. The van der Waals surface area contributed by atoms with E-state index in [-0.39, 0.29) is 0 Å². The van der Waals surface area contributed by atoms with Gasteiger partial charge >= 0.3 is 0 Å². The summed E-state index contributed by atoms with van der Waals surface area (Å²) in [7, 11) is 0. The largest absolute Gasteiger partial charge is 0.340 e. The van der Waals surface area contributed by atoms with Crippen LogP contribution in [0.15, 0.2) is 4.52 Å². The van der Waals surface area contributed by atoms with Gasteiger partial charge in [0.1, 0.15) is 0 Å². The van der Waals surface area contributed by atoms with Gasteiger partial charge in [-0.1, -0.05) is 19.0 Å². The average Bonchev–Trinajstić information content (AvgIpc) is 2.14. The van der Waals surface area contributed by atoms with Crippen LogP contribution in [0.25, 0.3) is 0 Å². The van der Waals surface area contributed by atoms with Crippen molar-refractivity contribution < 1.29 is 4.52 Å². The first-order valence-corrected chi connectivity index (χ1v) is 2.81. The molecule has 9 heavy (non-hydrogen) atoms. The Kier molecular flexibility index (Phi) is 1.51. The molecule has 0 aliphatic carbocycles. The highest BCUT2D eigenvalue weighted by molar-refractivity contribution is 5.06. The summed E-state index contributed by atoms with van der Waals surface area (Å²) in [5.41, 5.74) is 0. The minimum absolute atomic E-state index is 0.617. The summed E-state index contributed by atoms with van der Waals surface area (Å²) in [6, 6.07) is 0. The molecule has 0 aliphatic rings. The normalized spacial score (nSPS) is 10.7. The van der Waals surface area contributed by atoms with Crippen LogP contribution in [0.5, 0.6) is 0 Å². The van der Waals surface area contributed by atoms with Crippen LogP contribution < -0.4 is 0 Å². The molecule has 0 saturated carbocycles. The van der Waals surface area contributed by atoms with E-state index < -0.39 is 0 Å². The zero-order valence-corrected chi connectivity index (χ0v) is 5.80. The lowest BCUT2D eigenvalue weighted by molar-refractivity contribution is 0.389. The quantitative estimate of drug-likeness (QED) is 0.568. The molecule has 0 fully saturated rings. The van der Waals surface area contributed by atoms with Gasteiger partial charge in [0.25, 0.3) is 0 Å². The summed E-state index contributed by atoms with van der Waals surface area (Å²) in [4.78, 5) is 4.00. The fourth-order valence-corrected chi connectivity index (χ4v) is 0.502. The summed E-state index contributed by atoms with van der Waals surface area (Å²) < 4.78 is 4.74. The zero-order chi connectivity index (χ0) is 6.85. The van der Waals surface area contributed by atoms with Crippen LogP contribution in [0.4, 0.5) is 0 Å². The van der Waals surface area contributed by atoms with E-state index in [4.69, 9.17) is 4.52 Å². The van der Waals surface area contributed by atoms with Gasteiger partial charge in [0.2, 0.25) is 5.89 Å². The number of rotatable bonds is 1. The van der Waals surface area contributed by atoms with Crippen molar-refractivity contribution in [3.8, 4) is 0 Å². The molecule has 0 N–H and O–H groups in total. The van der Waals surface area contributed by atoms with Crippen LogP contribution in [0.2, 0.25) is 0 Å². The van der Waals surface area contributed by atoms with Crippen molar-refractivity contribution in [2.24, 2.45) is 0 Å². The molecule has 1 aromatic rings. The van der Waals surface area contributed by atoms with Crippen LogP contribution in [0.1, 0.15) is 25.6 Å². The highest BCUT2D eigenvalue weighted by Crippen LogP contribution is 2.06. The summed E-state index contributed by atoms with van der Waals surface area (Å²) in [6.07, 6.45) is 0. The van der Waals surface area contributed by atoms with Crippen molar-refractivity contribution >= 4 is 0 Å². The molecule has 0 aromatic carbocycles. The lowest BCUT2D eigenvalue weighted by Gasteiger charge is -1.89. The smallest absolute Gasteiger partial charge is 0.223 e. The monoisotopic (exact) mass is 125 g/mol. The molecular weight excluding hydrogens is 116 g/mol. The Bertz CT molecular complexity index is 193.